The molecule has 1 rings (SSSR count). The summed E-state index contributed by atoms with van der Waals surface area (Å²) in [5.41, 5.74) is 0. The number of aromatic nitrogens is 2. The lowest BCUT2D eigenvalue weighted by atomic mass is 10.1. The van der Waals surface area contributed by atoms with Crippen LogP contribution in [-0.4, -0.2) is 23.6 Å². The molecule has 0 aliphatic heterocycles. The fourth-order valence-electron chi connectivity index (χ4n) is 1.09. The summed E-state index contributed by atoms with van der Waals surface area (Å²) in [4.78, 5) is 8.23. The second-order valence-electron chi connectivity index (χ2n) is 3.75. The minimum Gasteiger partial charge on any atom is -0.369 e. The minimum absolute atomic E-state index is 0.553. The molecule has 0 unspecified atom stereocenters. The predicted octanol–water partition coefficient (Wildman–Crippen LogP) is 2.63. The van der Waals surface area contributed by atoms with Gasteiger partial charge in [-0.25, -0.2) is 4.98 Å². The Labute approximate surface area is 95.5 Å². The Bertz CT molecular complexity index is 314. The van der Waals surface area contributed by atoms with Crippen LogP contribution in [0.2, 0.25) is 5.02 Å². The van der Waals surface area contributed by atoms with Crippen molar-refractivity contribution in [3.05, 3.63) is 11.2 Å². The van der Waals surface area contributed by atoms with Crippen LogP contribution in [0, 0.1) is 5.92 Å². The highest BCUT2D eigenvalue weighted by Gasteiger charge is 2.03. The lowest BCUT2D eigenvalue weighted by Crippen LogP contribution is -2.08. The molecule has 0 amide bonds. The molecule has 5 heteroatoms. The number of halogens is 1. The maximum absolute atomic E-state index is 5.95. The molecule has 0 aliphatic rings. The molecule has 0 atom stereocenters. The van der Waals surface area contributed by atoms with Crippen LogP contribution in [0.1, 0.15) is 20.3 Å². The number of anilines is 2. The first-order valence-corrected chi connectivity index (χ1v) is 5.45. The van der Waals surface area contributed by atoms with Crippen molar-refractivity contribution in [2.24, 2.45) is 5.92 Å². The molecule has 0 saturated carbocycles. The predicted molar refractivity (Wildman–Crippen MR) is 64.5 cm³/mol. The number of hydrogen-bond donors (Lipinski definition) is 2. The van der Waals surface area contributed by atoms with Gasteiger partial charge in [-0.2, -0.15) is 4.98 Å². The van der Waals surface area contributed by atoms with Gasteiger partial charge in [0.15, 0.2) is 0 Å². The van der Waals surface area contributed by atoms with Crippen molar-refractivity contribution in [3.63, 3.8) is 0 Å². The maximum Gasteiger partial charge on any atom is 0.224 e. The van der Waals surface area contributed by atoms with Gasteiger partial charge in [-0.15, -0.1) is 0 Å². The summed E-state index contributed by atoms with van der Waals surface area (Å²) in [6.45, 7) is 5.24. The number of hydrogen-bond acceptors (Lipinski definition) is 4. The summed E-state index contributed by atoms with van der Waals surface area (Å²) in [5, 5.41) is 6.62. The summed E-state index contributed by atoms with van der Waals surface area (Å²) >= 11 is 5.95. The summed E-state index contributed by atoms with van der Waals surface area (Å²) in [7, 11) is 1.78. The number of rotatable bonds is 5. The zero-order chi connectivity index (χ0) is 11.3. The van der Waals surface area contributed by atoms with Gasteiger partial charge in [0.1, 0.15) is 10.8 Å². The van der Waals surface area contributed by atoms with Crippen molar-refractivity contribution in [2.45, 2.75) is 20.3 Å². The highest BCUT2D eigenvalue weighted by molar-refractivity contribution is 6.32. The third-order valence-electron chi connectivity index (χ3n) is 1.98. The second kappa shape index (κ2) is 5.75. The lowest BCUT2D eigenvalue weighted by molar-refractivity contribution is 0.606. The monoisotopic (exact) mass is 228 g/mol. The third-order valence-corrected chi connectivity index (χ3v) is 2.26. The summed E-state index contributed by atoms with van der Waals surface area (Å²) in [6.07, 6.45) is 2.69. The van der Waals surface area contributed by atoms with Gasteiger partial charge in [-0.3, -0.25) is 0 Å². The second-order valence-corrected chi connectivity index (χ2v) is 4.16. The smallest absolute Gasteiger partial charge is 0.224 e. The molecule has 0 saturated heterocycles. The van der Waals surface area contributed by atoms with Crippen molar-refractivity contribution >= 4 is 23.4 Å². The van der Waals surface area contributed by atoms with E-state index in [-0.39, 0.29) is 0 Å². The molecule has 1 aromatic rings. The first-order chi connectivity index (χ1) is 7.13. The van der Waals surface area contributed by atoms with Gasteiger partial charge >= 0.3 is 0 Å². The topological polar surface area (TPSA) is 49.8 Å². The van der Waals surface area contributed by atoms with E-state index in [4.69, 9.17) is 11.6 Å². The van der Waals surface area contributed by atoms with Gasteiger partial charge in [0.05, 0.1) is 6.20 Å². The van der Waals surface area contributed by atoms with Crippen LogP contribution in [0.15, 0.2) is 6.20 Å². The van der Waals surface area contributed by atoms with Gasteiger partial charge in [0, 0.05) is 13.6 Å². The molecule has 1 aromatic heterocycles. The van der Waals surface area contributed by atoms with Gasteiger partial charge in [-0.1, -0.05) is 25.4 Å². The minimum atomic E-state index is 0.553. The third kappa shape index (κ3) is 3.91. The molecule has 84 valence electrons. The first kappa shape index (κ1) is 12.0. The lowest BCUT2D eigenvalue weighted by Gasteiger charge is -2.09. The van der Waals surface area contributed by atoms with E-state index in [1.165, 1.54) is 0 Å². The summed E-state index contributed by atoms with van der Waals surface area (Å²) < 4.78 is 0. The van der Waals surface area contributed by atoms with E-state index in [0.717, 1.165) is 13.0 Å². The van der Waals surface area contributed by atoms with Crippen molar-refractivity contribution in [3.8, 4) is 0 Å². The molecule has 2 N–H and O–H groups in total. The Morgan fingerprint density at radius 3 is 2.80 bits per heavy atom. The van der Waals surface area contributed by atoms with Gasteiger partial charge < -0.3 is 10.6 Å². The molecule has 0 fully saturated rings. The van der Waals surface area contributed by atoms with Crippen LogP contribution >= 0.6 is 11.6 Å². The highest BCUT2D eigenvalue weighted by Crippen LogP contribution is 2.19. The van der Waals surface area contributed by atoms with Crippen molar-refractivity contribution < 1.29 is 0 Å². The Morgan fingerprint density at radius 1 is 1.47 bits per heavy atom. The summed E-state index contributed by atoms with van der Waals surface area (Å²) in [6, 6.07) is 0. The molecule has 15 heavy (non-hydrogen) atoms. The van der Waals surface area contributed by atoms with Gasteiger partial charge in [0.2, 0.25) is 5.95 Å². The fraction of sp³-hybridized carbons (Fsp3) is 0.600. The molecular formula is C10H17ClN4. The molecule has 0 bridgehead atoms. The molecule has 0 spiro atoms. The van der Waals surface area contributed by atoms with Crippen LogP contribution in [0.3, 0.4) is 0 Å². The average molecular weight is 229 g/mol. The zero-order valence-electron chi connectivity index (χ0n) is 9.34. The van der Waals surface area contributed by atoms with E-state index in [2.05, 4.69) is 34.4 Å². The Kier molecular flexibility index (Phi) is 4.62. The molecule has 0 aromatic carbocycles. The highest BCUT2D eigenvalue weighted by atomic mass is 35.5. The number of nitrogens with one attached hydrogen (secondary N) is 2. The first-order valence-electron chi connectivity index (χ1n) is 5.07. The SMILES string of the molecule is CNc1ncc(Cl)c(NCCC(C)C)n1. The van der Waals surface area contributed by atoms with Crippen LogP contribution in [0.5, 0.6) is 0 Å². The van der Waals surface area contributed by atoms with Crippen LogP contribution in [-0.2, 0) is 0 Å². The van der Waals surface area contributed by atoms with E-state index in [1.807, 2.05) is 0 Å². The molecular weight excluding hydrogens is 212 g/mol. The Hall–Kier alpha value is -1.03. The largest absolute Gasteiger partial charge is 0.369 e. The molecule has 0 aliphatic carbocycles. The summed E-state index contributed by atoms with van der Waals surface area (Å²) in [5.74, 6) is 1.94. The standard InChI is InChI=1S/C10H17ClN4/c1-7(2)4-5-13-9-8(11)6-14-10(12-3)15-9/h6-7H,4-5H2,1-3H3,(H2,12,13,14,15). The molecule has 0 radical (unpaired) electrons. The van der Waals surface area contributed by atoms with E-state index in [0.29, 0.717) is 22.7 Å². The van der Waals surface area contributed by atoms with Gasteiger partial charge in [-0.05, 0) is 12.3 Å². The van der Waals surface area contributed by atoms with E-state index >= 15 is 0 Å². The number of nitrogens with zero attached hydrogens (tertiary/aromatic N) is 2. The van der Waals surface area contributed by atoms with Crippen molar-refractivity contribution in [1.29, 1.82) is 0 Å². The quantitative estimate of drug-likeness (QED) is 0.814. The normalized spacial score (nSPS) is 10.5. The van der Waals surface area contributed by atoms with E-state index in [9.17, 15) is 0 Å². The Morgan fingerprint density at radius 2 is 2.20 bits per heavy atom. The average Bonchev–Trinajstić information content (AvgIpc) is 2.20. The van der Waals surface area contributed by atoms with Crippen LogP contribution < -0.4 is 10.6 Å². The Balaban J connectivity index is 2.59. The van der Waals surface area contributed by atoms with Crippen molar-refractivity contribution in [1.82, 2.24) is 9.97 Å². The van der Waals surface area contributed by atoms with Crippen LogP contribution in [0.4, 0.5) is 11.8 Å². The van der Waals surface area contributed by atoms with Crippen molar-refractivity contribution in [2.75, 3.05) is 24.2 Å². The van der Waals surface area contributed by atoms with Gasteiger partial charge in [0.25, 0.3) is 0 Å². The maximum atomic E-state index is 5.95. The zero-order valence-corrected chi connectivity index (χ0v) is 10.1. The van der Waals surface area contributed by atoms with E-state index in [1.54, 1.807) is 13.2 Å². The van der Waals surface area contributed by atoms with Crippen LogP contribution in [0.25, 0.3) is 0 Å². The molecule has 4 nitrogen and oxygen atoms in total. The molecule has 1 heterocycles. The van der Waals surface area contributed by atoms with E-state index < -0.39 is 0 Å². The fourth-order valence-corrected chi connectivity index (χ4v) is 1.25.